The van der Waals surface area contributed by atoms with Crippen molar-refractivity contribution in [3.05, 3.63) is 35.4 Å². The summed E-state index contributed by atoms with van der Waals surface area (Å²) in [5.74, 6) is 0. The molecule has 0 unspecified atom stereocenters. The molecule has 0 radical (unpaired) electrons. The maximum absolute atomic E-state index is 3.81. The van der Waals surface area contributed by atoms with E-state index in [1.807, 2.05) is 0 Å². The van der Waals surface area contributed by atoms with Gasteiger partial charge in [-0.25, -0.2) is 0 Å². The average molecular weight is 215 g/mol. The molecule has 16 heavy (non-hydrogen) atoms. The van der Waals surface area contributed by atoms with Gasteiger partial charge in [-0.2, -0.15) is 0 Å². The zero-order valence-corrected chi connectivity index (χ0v) is 10.3. The predicted octanol–water partition coefficient (Wildman–Crippen LogP) is 3.24. The quantitative estimate of drug-likeness (QED) is 0.758. The molecule has 1 aliphatic carbocycles. The molecule has 0 bridgehead atoms. The zero-order valence-electron chi connectivity index (χ0n) is 10.3. The van der Waals surface area contributed by atoms with Gasteiger partial charge >= 0.3 is 0 Å². The molecule has 86 valence electrons. The minimum Gasteiger partial charge on any atom is -0.307 e. The van der Waals surface area contributed by atoms with Crippen molar-refractivity contribution in [2.75, 3.05) is 6.54 Å². The molecule has 1 heterocycles. The van der Waals surface area contributed by atoms with Gasteiger partial charge in [0.2, 0.25) is 0 Å². The highest BCUT2D eigenvalue weighted by Gasteiger charge is 2.54. The molecule has 2 atom stereocenters. The van der Waals surface area contributed by atoms with Crippen LogP contribution in [-0.2, 0) is 12.0 Å². The van der Waals surface area contributed by atoms with Gasteiger partial charge < -0.3 is 5.32 Å². The van der Waals surface area contributed by atoms with E-state index in [-0.39, 0.29) is 5.54 Å². The van der Waals surface area contributed by atoms with E-state index in [0.29, 0.717) is 5.41 Å². The van der Waals surface area contributed by atoms with Crippen LogP contribution in [0.5, 0.6) is 0 Å². The molecule has 1 heteroatoms. The molecule has 1 aliphatic heterocycles. The SMILES string of the molecule is CC[C@]12CCCN[C@@]1(C)c1ccccc1C2. The monoisotopic (exact) mass is 215 g/mol. The number of rotatable bonds is 1. The first kappa shape index (κ1) is 10.3. The van der Waals surface area contributed by atoms with Crippen molar-refractivity contribution in [2.24, 2.45) is 5.41 Å². The Bertz CT molecular complexity index is 412. The molecule has 1 aromatic rings. The van der Waals surface area contributed by atoms with E-state index in [2.05, 4.69) is 43.4 Å². The third kappa shape index (κ3) is 1.10. The summed E-state index contributed by atoms with van der Waals surface area (Å²) in [7, 11) is 0. The van der Waals surface area contributed by atoms with Gasteiger partial charge in [0.1, 0.15) is 0 Å². The van der Waals surface area contributed by atoms with Gasteiger partial charge in [-0.05, 0) is 55.7 Å². The molecular formula is C15H21N. The van der Waals surface area contributed by atoms with Crippen LogP contribution in [0.15, 0.2) is 24.3 Å². The van der Waals surface area contributed by atoms with Crippen LogP contribution in [0.3, 0.4) is 0 Å². The van der Waals surface area contributed by atoms with E-state index in [4.69, 9.17) is 0 Å². The number of piperidine rings is 1. The first-order valence-corrected chi connectivity index (χ1v) is 6.55. The van der Waals surface area contributed by atoms with Crippen molar-refractivity contribution in [1.82, 2.24) is 5.32 Å². The Hall–Kier alpha value is -0.820. The summed E-state index contributed by atoms with van der Waals surface area (Å²) in [4.78, 5) is 0. The van der Waals surface area contributed by atoms with Crippen LogP contribution >= 0.6 is 0 Å². The molecule has 0 spiro atoms. The standard InChI is InChI=1S/C15H21N/c1-3-15-9-6-10-16-14(15,2)13-8-5-4-7-12(13)11-15/h4-5,7-8,16H,3,6,9-11H2,1-2H3/t14-,15+/m0/s1. The largest absolute Gasteiger partial charge is 0.307 e. The molecule has 2 aliphatic rings. The highest BCUT2D eigenvalue weighted by Crippen LogP contribution is 2.56. The maximum Gasteiger partial charge on any atom is 0.0468 e. The van der Waals surface area contributed by atoms with Crippen molar-refractivity contribution >= 4 is 0 Å². The molecule has 1 N–H and O–H groups in total. The minimum absolute atomic E-state index is 0.219. The Morgan fingerprint density at radius 2 is 2.12 bits per heavy atom. The Morgan fingerprint density at radius 3 is 2.94 bits per heavy atom. The lowest BCUT2D eigenvalue weighted by Crippen LogP contribution is -2.54. The summed E-state index contributed by atoms with van der Waals surface area (Å²) in [5, 5.41) is 3.81. The fourth-order valence-corrected chi connectivity index (χ4v) is 4.03. The Morgan fingerprint density at radius 1 is 1.31 bits per heavy atom. The maximum atomic E-state index is 3.81. The first-order chi connectivity index (χ1) is 7.72. The zero-order chi connectivity index (χ0) is 11.2. The molecule has 1 saturated heterocycles. The Labute approximate surface area is 98.3 Å². The summed E-state index contributed by atoms with van der Waals surface area (Å²) < 4.78 is 0. The highest BCUT2D eigenvalue weighted by atomic mass is 15.0. The summed E-state index contributed by atoms with van der Waals surface area (Å²) in [6.45, 7) is 5.95. The van der Waals surface area contributed by atoms with Gasteiger partial charge in [0, 0.05) is 5.54 Å². The number of hydrogen-bond donors (Lipinski definition) is 1. The highest BCUT2D eigenvalue weighted by molar-refractivity contribution is 5.42. The van der Waals surface area contributed by atoms with Crippen molar-refractivity contribution in [3.8, 4) is 0 Å². The smallest absolute Gasteiger partial charge is 0.0468 e. The molecule has 1 nitrogen and oxygen atoms in total. The van der Waals surface area contributed by atoms with Gasteiger partial charge in [-0.15, -0.1) is 0 Å². The second-order valence-corrected chi connectivity index (χ2v) is 5.62. The van der Waals surface area contributed by atoms with E-state index in [0.717, 1.165) is 0 Å². The van der Waals surface area contributed by atoms with Crippen LogP contribution in [0.25, 0.3) is 0 Å². The van der Waals surface area contributed by atoms with Crippen molar-refractivity contribution < 1.29 is 0 Å². The summed E-state index contributed by atoms with van der Waals surface area (Å²) >= 11 is 0. The van der Waals surface area contributed by atoms with Gasteiger partial charge in [0.25, 0.3) is 0 Å². The fourth-order valence-electron chi connectivity index (χ4n) is 4.03. The van der Waals surface area contributed by atoms with Crippen molar-refractivity contribution in [3.63, 3.8) is 0 Å². The molecule has 0 aromatic heterocycles. The van der Waals surface area contributed by atoms with Crippen LogP contribution in [0.1, 0.15) is 44.2 Å². The molecule has 3 rings (SSSR count). The van der Waals surface area contributed by atoms with Crippen LogP contribution in [-0.4, -0.2) is 6.54 Å². The Balaban J connectivity index is 2.16. The number of benzene rings is 1. The van der Waals surface area contributed by atoms with E-state index < -0.39 is 0 Å². The van der Waals surface area contributed by atoms with E-state index in [9.17, 15) is 0 Å². The van der Waals surface area contributed by atoms with Gasteiger partial charge in [0.15, 0.2) is 0 Å². The lowest BCUT2D eigenvalue weighted by atomic mass is 9.64. The Kier molecular flexibility index (Phi) is 2.16. The van der Waals surface area contributed by atoms with E-state index in [1.165, 1.54) is 32.2 Å². The van der Waals surface area contributed by atoms with Crippen molar-refractivity contribution in [2.45, 2.75) is 45.1 Å². The second-order valence-electron chi connectivity index (χ2n) is 5.62. The van der Waals surface area contributed by atoms with Crippen LogP contribution in [0.2, 0.25) is 0 Å². The summed E-state index contributed by atoms with van der Waals surface area (Å²) in [6, 6.07) is 9.01. The third-order valence-electron chi connectivity index (χ3n) is 5.13. The van der Waals surface area contributed by atoms with Crippen LogP contribution in [0.4, 0.5) is 0 Å². The van der Waals surface area contributed by atoms with E-state index >= 15 is 0 Å². The third-order valence-corrected chi connectivity index (χ3v) is 5.13. The topological polar surface area (TPSA) is 12.0 Å². The average Bonchev–Trinajstić information content (AvgIpc) is 2.59. The second kappa shape index (κ2) is 3.33. The molecular weight excluding hydrogens is 194 g/mol. The van der Waals surface area contributed by atoms with Gasteiger partial charge in [-0.3, -0.25) is 0 Å². The van der Waals surface area contributed by atoms with Crippen LogP contribution < -0.4 is 5.32 Å². The molecule has 0 amide bonds. The lowest BCUT2D eigenvalue weighted by molar-refractivity contribution is 0.0639. The van der Waals surface area contributed by atoms with Crippen LogP contribution in [0, 0.1) is 5.41 Å². The fraction of sp³-hybridized carbons (Fsp3) is 0.600. The normalized spacial score (nSPS) is 36.9. The van der Waals surface area contributed by atoms with Gasteiger partial charge in [0.05, 0.1) is 0 Å². The minimum atomic E-state index is 0.219. The number of hydrogen-bond acceptors (Lipinski definition) is 1. The van der Waals surface area contributed by atoms with Crippen molar-refractivity contribution in [1.29, 1.82) is 0 Å². The molecule has 1 aromatic carbocycles. The molecule has 1 fully saturated rings. The molecule has 0 saturated carbocycles. The number of nitrogens with one attached hydrogen (secondary N) is 1. The summed E-state index contributed by atoms with van der Waals surface area (Å²) in [5.41, 5.74) is 3.81. The van der Waals surface area contributed by atoms with E-state index in [1.54, 1.807) is 11.1 Å². The summed E-state index contributed by atoms with van der Waals surface area (Å²) in [6.07, 6.45) is 5.26. The number of fused-ring (bicyclic) bond motifs is 3. The first-order valence-electron chi connectivity index (χ1n) is 6.55. The van der Waals surface area contributed by atoms with Gasteiger partial charge in [-0.1, -0.05) is 31.2 Å². The predicted molar refractivity (Wildman–Crippen MR) is 67.5 cm³/mol. The lowest BCUT2D eigenvalue weighted by Gasteiger charge is -2.48.